The van der Waals surface area contributed by atoms with Crippen molar-refractivity contribution in [3.8, 4) is 0 Å². The molecule has 3 N–H and O–H groups in total. The van der Waals surface area contributed by atoms with Gasteiger partial charge in [0, 0.05) is 43.5 Å². The third-order valence-electron chi connectivity index (χ3n) is 7.80. The number of carbonyl (C=O) groups excluding carboxylic acids is 5. The molecule has 0 bridgehead atoms. The Morgan fingerprint density at radius 1 is 1.02 bits per heavy atom. The lowest BCUT2D eigenvalue weighted by molar-refractivity contribution is -0.148. The van der Waals surface area contributed by atoms with Gasteiger partial charge in [-0.3, -0.25) is 24.6 Å². The van der Waals surface area contributed by atoms with Crippen LogP contribution >= 0.6 is 11.6 Å². The Hall–Kier alpha value is -3.38. The van der Waals surface area contributed by atoms with Crippen molar-refractivity contribution in [2.75, 3.05) is 26.2 Å². The van der Waals surface area contributed by atoms with Gasteiger partial charge in [-0.2, -0.15) is 0 Å². The van der Waals surface area contributed by atoms with Crippen molar-refractivity contribution in [1.82, 2.24) is 26.0 Å². The van der Waals surface area contributed by atoms with Crippen molar-refractivity contribution < 1.29 is 33.4 Å². The first-order valence-corrected chi connectivity index (χ1v) is 16.1. The molecular formula is C32H48ClN5O7. The van der Waals surface area contributed by atoms with Gasteiger partial charge < -0.3 is 25.0 Å². The van der Waals surface area contributed by atoms with Crippen LogP contribution in [0.5, 0.6) is 0 Å². The summed E-state index contributed by atoms with van der Waals surface area (Å²) in [5.41, 5.74) is 3.01. The van der Waals surface area contributed by atoms with E-state index in [1.165, 1.54) is 6.92 Å². The summed E-state index contributed by atoms with van der Waals surface area (Å²) in [6, 6.07) is 6.01. The molecule has 1 aromatic rings. The van der Waals surface area contributed by atoms with Gasteiger partial charge in [-0.1, -0.05) is 49.9 Å². The Morgan fingerprint density at radius 3 is 2.31 bits per heavy atom. The number of nitrogens with zero attached hydrogens (tertiary/aromatic N) is 2. The third-order valence-corrected chi connectivity index (χ3v) is 8.05. The van der Waals surface area contributed by atoms with Gasteiger partial charge in [0.15, 0.2) is 0 Å². The van der Waals surface area contributed by atoms with E-state index >= 15 is 0 Å². The Labute approximate surface area is 270 Å². The number of hydrogen-bond donors (Lipinski definition) is 3. The minimum atomic E-state index is -0.946. The molecule has 4 amide bonds. The van der Waals surface area contributed by atoms with Gasteiger partial charge >= 0.3 is 12.1 Å². The minimum Gasteiger partial charge on any atom is -0.465 e. The molecule has 3 rings (SSSR count). The monoisotopic (exact) mass is 649 g/mol. The number of halogens is 1. The standard InChI is InChI=1S/C32H48ClN5O7/c1-21(20-44-22(2)39)30(42)38(25-9-7-6-8-10-25)26-15-16-37(19-26)36-29(41)27(17-23-11-13-24(33)14-12-23)35-28(40)18-34-31(43)45-32(3,4)5/h11-14,21,25-27H,6-10,15-20H2,1-5H3,(H,34,43)(H,35,40)(H,36,41)/t21-,26+,27-/m1/s1. The van der Waals surface area contributed by atoms with Gasteiger partial charge in [-0.25, -0.2) is 9.80 Å². The number of hydrazine groups is 1. The number of ether oxygens (including phenoxy) is 2. The molecule has 0 spiro atoms. The van der Waals surface area contributed by atoms with E-state index in [1.807, 2.05) is 4.90 Å². The maximum Gasteiger partial charge on any atom is 0.408 e. The van der Waals surface area contributed by atoms with Crippen molar-refractivity contribution >= 4 is 41.4 Å². The van der Waals surface area contributed by atoms with Crippen LogP contribution in [0.3, 0.4) is 0 Å². The van der Waals surface area contributed by atoms with E-state index in [4.69, 9.17) is 21.1 Å². The van der Waals surface area contributed by atoms with Gasteiger partial charge in [0.2, 0.25) is 11.8 Å². The molecule has 250 valence electrons. The Balaban J connectivity index is 1.67. The molecular weight excluding hydrogens is 602 g/mol. The Morgan fingerprint density at radius 2 is 1.69 bits per heavy atom. The van der Waals surface area contributed by atoms with Crippen LogP contribution in [0.1, 0.15) is 78.7 Å². The second kappa shape index (κ2) is 16.8. The quantitative estimate of drug-likeness (QED) is 0.292. The summed E-state index contributed by atoms with van der Waals surface area (Å²) in [4.78, 5) is 65.4. The molecule has 12 nitrogen and oxygen atoms in total. The largest absolute Gasteiger partial charge is 0.465 e. The van der Waals surface area contributed by atoms with E-state index in [-0.39, 0.29) is 37.6 Å². The van der Waals surface area contributed by atoms with Crippen molar-refractivity contribution in [2.45, 2.75) is 103 Å². The number of nitrogens with one attached hydrogen (secondary N) is 3. The molecule has 1 aliphatic carbocycles. The molecule has 0 aromatic heterocycles. The predicted octanol–water partition coefficient (Wildman–Crippen LogP) is 3.36. The van der Waals surface area contributed by atoms with Gasteiger partial charge in [-0.05, 0) is 57.7 Å². The fourth-order valence-electron chi connectivity index (χ4n) is 5.67. The molecule has 1 heterocycles. The molecule has 0 radical (unpaired) electrons. The molecule has 1 aromatic carbocycles. The summed E-state index contributed by atoms with van der Waals surface area (Å²) < 4.78 is 10.3. The number of hydrogen-bond acceptors (Lipinski definition) is 8. The fourth-order valence-corrected chi connectivity index (χ4v) is 5.79. The lowest BCUT2D eigenvalue weighted by Crippen LogP contribution is -2.55. The highest BCUT2D eigenvalue weighted by Gasteiger charge is 2.38. The number of esters is 1. The lowest BCUT2D eigenvalue weighted by atomic mass is 9.92. The molecule has 2 fully saturated rings. The number of amides is 4. The number of rotatable bonds is 12. The van der Waals surface area contributed by atoms with Crippen molar-refractivity contribution in [3.05, 3.63) is 34.9 Å². The van der Waals surface area contributed by atoms with Crippen LogP contribution in [-0.4, -0.2) is 89.7 Å². The number of alkyl carbamates (subject to hydrolysis) is 1. The van der Waals surface area contributed by atoms with E-state index in [0.717, 1.165) is 37.7 Å². The van der Waals surface area contributed by atoms with Crippen LogP contribution < -0.4 is 16.1 Å². The molecule has 0 unspecified atom stereocenters. The summed E-state index contributed by atoms with van der Waals surface area (Å²) >= 11 is 6.04. The topological polar surface area (TPSA) is 146 Å². The van der Waals surface area contributed by atoms with E-state index in [9.17, 15) is 24.0 Å². The summed E-state index contributed by atoms with van der Waals surface area (Å²) in [6.07, 6.45) is 5.20. The highest BCUT2D eigenvalue weighted by atomic mass is 35.5. The fraction of sp³-hybridized carbons (Fsp3) is 0.656. The zero-order valence-electron chi connectivity index (χ0n) is 27.0. The summed E-state index contributed by atoms with van der Waals surface area (Å²) in [7, 11) is 0. The van der Waals surface area contributed by atoms with Gasteiger partial charge in [-0.15, -0.1) is 0 Å². The molecule has 1 saturated carbocycles. The Kier molecular flexibility index (Phi) is 13.5. The second-order valence-electron chi connectivity index (χ2n) is 12.9. The average Bonchev–Trinajstić information content (AvgIpc) is 3.42. The van der Waals surface area contributed by atoms with E-state index < -0.39 is 41.4 Å². The average molecular weight is 650 g/mol. The first-order chi connectivity index (χ1) is 21.2. The first-order valence-electron chi connectivity index (χ1n) is 15.7. The van der Waals surface area contributed by atoms with Crippen LogP contribution in [0.15, 0.2) is 24.3 Å². The maximum atomic E-state index is 13.6. The van der Waals surface area contributed by atoms with Crippen LogP contribution in [0.25, 0.3) is 0 Å². The molecule has 13 heteroatoms. The van der Waals surface area contributed by atoms with Gasteiger partial charge in [0.1, 0.15) is 24.8 Å². The second-order valence-corrected chi connectivity index (χ2v) is 13.3. The minimum absolute atomic E-state index is 0.0272. The van der Waals surface area contributed by atoms with E-state index in [2.05, 4.69) is 16.1 Å². The van der Waals surface area contributed by atoms with Crippen LogP contribution in [0, 0.1) is 5.92 Å². The molecule has 2 aliphatic rings. The van der Waals surface area contributed by atoms with Gasteiger partial charge in [0.05, 0.1) is 5.92 Å². The number of benzene rings is 1. The van der Waals surface area contributed by atoms with Crippen LogP contribution in [0.2, 0.25) is 5.02 Å². The highest BCUT2D eigenvalue weighted by molar-refractivity contribution is 6.30. The maximum absolute atomic E-state index is 13.6. The normalized spacial score (nSPS) is 18.8. The highest BCUT2D eigenvalue weighted by Crippen LogP contribution is 2.29. The van der Waals surface area contributed by atoms with Crippen molar-refractivity contribution in [3.63, 3.8) is 0 Å². The van der Waals surface area contributed by atoms with Crippen LogP contribution in [-0.2, 0) is 35.1 Å². The molecule has 3 atom stereocenters. The molecule has 45 heavy (non-hydrogen) atoms. The zero-order chi connectivity index (χ0) is 33.1. The van der Waals surface area contributed by atoms with Crippen molar-refractivity contribution in [1.29, 1.82) is 0 Å². The van der Waals surface area contributed by atoms with Crippen LogP contribution in [0.4, 0.5) is 4.79 Å². The smallest absolute Gasteiger partial charge is 0.408 e. The third kappa shape index (κ3) is 12.1. The number of carbonyl (C=O) groups is 5. The van der Waals surface area contributed by atoms with Gasteiger partial charge in [0.25, 0.3) is 5.91 Å². The van der Waals surface area contributed by atoms with E-state index in [0.29, 0.717) is 24.5 Å². The summed E-state index contributed by atoms with van der Waals surface area (Å²) in [5, 5.41) is 7.47. The predicted molar refractivity (Wildman–Crippen MR) is 169 cm³/mol. The SMILES string of the molecule is CC(=O)OC[C@@H](C)C(=O)N(C1CCCCC1)[C@H]1CCN(NC(=O)[C@@H](Cc2ccc(Cl)cc2)NC(=O)CNC(=O)OC(C)(C)C)C1. The first kappa shape index (κ1) is 36.1. The van der Waals surface area contributed by atoms with Crippen molar-refractivity contribution in [2.24, 2.45) is 5.92 Å². The zero-order valence-corrected chi connectivity index (χ0v) is 27.8. The summed E-state index contributed by atoms with van der Waals surface area (Å²) in [5.74, 6) is -1.92. The summed E-state index contributed by atoms with van der Waals surface area (Å²) in [6.45, 7) is 8.87. The molecule has 1 aliphatic heterocycles. The lowest BCUT2D eigenvalue weighted by Gasteiger charge is -2.40. The molecule has 1 saturated heterocycles. The van der Waals surface area contributed by atoms with E-state index in [1.54, 1.807) is 57.0 Å². The Bertz CT molecular complexity index is 1180.